The number of nitrogens with two attached hydrogens (primary N) is 1. The third-order valence-electron chi connectivity index (χ3n) is 6.31. The minimum absolute atomic E-state index is 0.0395. The average molecular weight is 506 g/mol. The van der Waals surface area contributed by atoms with Gasteiger partial charge in [-0.15, -0.1) is 0 Å². The first-order valence-corrected chi connectivity index (χ1v) is 11.5. The Bertz CT molecular complexity index is 1600. The van der Waals surface area contributed by atoms with Crippen LogP contribution in [0, 0.1) is 13.8 Å². The maximum absolute atomic E-state index is 14.2. The van der Waals surface area contributed by atoms with Crippen LogP contribution >= 0.6 is 0 Å². The summed E-state index contributed by atoms with van der Waals surface area (Å²) in [7, 11) is 0. The van der Waals surface area contributed by atoms with Crippen molar-refractivity contribution in [2.45, 2.75) is 26.6 Å². The van der Waals surface area contributed by atoms with E-state index in [4.69, 9.17) is 5.73 Å². The molecule has 0 saturated carbocycles. The topological polar surface area (TPSA) is 94.1 Å². The van der Waals surface area contributed by atoms with Gasteiger partial charge in [0.1, 0.15) is 5.69 Å². The van der Waals surface area contributed by atoms with Crippen LogP contribution in [-0.2, 0) is 12.7 Å². The number of benzene rings is 2. The van der Waals surface area contributed by atoms with Gasteiger partial charge in [0, 0.05) is 11.9 Å². The number of nitrogens with zero attached hydrogens (tertiary/aromatic N) is 4. The summed E-state index contributed by atoms with van der Waals surface area (Å²) in [6.45, 7) is 3.37. The van der Waals surface area contributed by atoms with Crippen LogP contribution in [0.2, 0.25) is 0 Å². The van der Waals surface area contributed by atoms with Crippen LogP contribution in [0.4, 0.5) is 18.9 Å². The van der Waals surface area contributed by atoms with E-state index < -0.39 is 23.7 Å². The molecular formula is C27H22F3N5O2. The Morgan fingerprint density at radius 2 is 1.86 bits per heavy atom. The second-order valence-electron chi connectivity index (χ2n) is 8.91. The summed E-state index contributed by atoms with van der Waals surface area (Å²) in [5.74, 6) is -1.56. The van der Waals surface area contributed by atoms with E-state index in [0.29, 0.717) is 16.5 Å². The lowest BCUT2D eigenvalue weighted by molar-refractivity contribution is -0.141. The summed E-state index contributed by atoms with van der Waals surface area (Å²) in [4.78, 5) is 31.1. The van der Waals surface area contributed by atoms with Crippen molar-refractivity contribution in [3.8, 4) is 0 Å². The van der Waals surface area contributed by atoms with E-state index >= 15 is 0 Å². The molecule has 0 unspecified atom stereocenters. The normalized spacial score (nSPS) is 14.5. The van der Waals surface area contributed by atoms with Crippen LogP contribution in [0.5, 0.6) is 0 Å². The zero-order valence-corrected chi connectivity index (χ0v) is 20.0. The number of alkyl halides is 3. The Morgan fingerprint density at radius 1 is 1.11 bits per heavy atom. The molecule has 2 amide bonds. The van der Waals surface area contributed by atoms with Crippen LogP contribution in [0.1, 0.15) is 48.9 Å². The zero-order valence-electron chi connectivity index (χ0n) is 20.0. The highest BCUT2D eigenvalue weighted by Crippen LogP contribution is 2.40. The summed E-state index contributed by atoms with van der Waals surface area (Å²) in [5.41, 5.74) is 6.76. The number of amides is 2. The lowest BCUT2D eigenvalue weighted by Crippen LogP contribution is -2.34. The molecule has 10 heteroatoms. The Hall–Kier alpha value is -4.47. The molecule has 7 nitrogen and oxygen atoms in total. The highest BCUT2D eigenvalue weighted by Gasteiger charge is 2.42. The minimum atomic E-state index is -4.81. The molecule has 2 aromatic heterocycles. The van der Waals surface area contributed by atoms with Gasteiger partial charge in [0.25, 0.3) is 11.8 Å². The lowest BCUT2D eigenvalue weighted by atomic mass is 9.98. The monoisotopic (exact) mass is 505 g/mol. The Morgan fingerprint density at radius 3 is 2.57 bits per heavy atom. The summed E-state index contributed by atoms with van der Waals surface area (Å²) < 4.78 is 44.0. The number of hydrogen-bond acceptors (Lipinski definition) is 4. The summed E-state index contributed by atoms with van der Waals surface area (Å²) >= 11 is 0. The van der Waals surface area contributed by atoms with Gasteiger partial charge in [0.2, 0.25) is 0 Å². The van der Waals surface area contributed by atoms with Crippen molar-refractivity contribution < 1.29 is 22.8 Å². The second kappa shape index (κ2) is 8.88. The number of carbonyl (C=O) groups is 2. The Kier molecular flexibility index (Phi) is 5.82. The molecule has 1 aliphatic rings. The molecule has 37 heavy (non-hydrogen) atoms. The molecule has 1 aliphatic heterocycles. The van der Waals surface area contributed by atoms with Crippen LogP contribution < -0.4 is 10.6 Å². The van der Waals surface area contributed by atoms with Gasteiger partial charge in [-0.2, -0.15) is 18.3 Å². The van der Waals surface area contributed by atoms with Crippen molar-refractivity contribution in [2.75, 3.05) is 11.4 Å². The lowest BCUT2D eigenvalue weighted by Gasteiger charge is -2.25. The number of aryl methyl sites for hydroxylation is 1. The average Bonchev–Trinajstić information content (AvgIpc) is 3.16. The third kappa shape index (κ3) is 4.35. The van der Waals surface area contributed by atoms with Gasteiger partial charge in [-0.05, 0) is 37.1 Å². The number of hydrogen-bond donors (Lipinski definition) is 1. The molecule has 0 atom stereocenters. The van der Waals surface area contributed by atoms with Gasteiger partial charge < -0.3 is 10.6 Å². The molecule has 2 N–H and O–H groups in total. The Balaban J connectivity index is 1.70. The van der Waals surface area contributed by atoms with Gasteiger partial charge in [-0.3, -0.25) is 14.3 Å². The number of anilines is 1. The van der Waals surface area contributed by atoms with Crippen LogP contribution in [0.15, 0.2) is 54.6 Å². The van der Waals surface area contributed by atoms with E-state index in [9.17, 15) is 22.8 Å². The van der Waals surface area contributed by atoms with E-state index in [1.807, 2.05) is 25.1 Å². The maximum atomic E-state index is 14.2. The van der Waals surface area contributed by atoms with Gasteiger partial charge >= 0.3 is 6.18 Å². The number of aromatic nitrogens is 3. The van der Waals surface area contributed by atoms with Crippen molar-refractivity contribution in [3.05, 3.63) is 93.9 Å². The number of rotatable bonds is 4. The zero-order chi connectivity index (χ0) is 26.5. The van der Waals surface area contributed by atoms with Crippen molar-refractivity contribution in [3.63, 3.8) is 0 Å². The van der Waals surface area contributed by atoms with Crippen LogP contribution in [0.25, 0.3) is 17.0 Å². The number of pyridine rings is 1. The standard InChI is InChI=1S/C27H22F3N5O2/c1-15-6-3-7-17(12-15)14-35-16(2)23(24(33-35)27(28,29)30)34-11-5-9-18-8-4-10-20-22(18)19(26(34)37)13-21(32-20)25(31)36/h3-10,12-13H,11,14H2,1-2H3,(H2,31,36)/b9-5+. The number of carbonyl (C=O) groups excluding carboxylic acids is 2. The predicted molar refractivity (Wildman–Crippen MR) is 133 cm³/mol. The third-order valence-corrected chi connectivity index (χ3v) is 6.31. The van der Waals surface area contributed by atoms with Crippen molar-refractivity contribution in [1.29, 1.82) is 0 Å². The molecule has 3 heterocycles. The van der Waals surface area contributed by atoms with Gasteiger partial charge in [0.15, 0.2) is 5.69 Å². The molecular weight excluding hydrogens is 483 g/mol. The first-order chi connectivity index (χ1) is 17.5. The molecule has 188 valence electrons. The predicted octanol–water partition coefficient (Wildman–Crippen LogP) is 4.89. The van der Waals surface area contributed by atoms with E-state index in [0.717, 1.165) is 16.0 Å². The second-order valence-corrected chi connectivity index (χ2v) is 8.91. The fourth-order valence-electron chi connectivity index (χ4n) is 4.64. The smallest absolute Gasteiger partial charge is 0.364 e. The van der Waals surface area contributed by atoms with Gasteiger partial charge in [-0.25, -0.2) is 4.98 Å². The van der Waals surface area contributed by atoms with E-state index in [1.54, 1.807) is 36.4 Å². The fraction of sp³-hybridized carbons (Fsp3) is 0.185. The number of primary amides is 1. The molecule has 5 rings (SSSR count). The molecule has 0 radical (unpaired) electrons. The first-order valence-electron chi connectivity index (χ1n) is 11.5. The highest BCUT2D eigenvalue weighted by molar-refractivity contribution is 6.17. The summed E-state index contributed by atoms with van der Waals surface area (Å²) in [5, 5.41) is 4.32. The molecule has 0 saturated heterocycles. The molecule has 0 aliphatic carbocycles. The minimum Gasteiger partial charge on any atom is -0.364 e. The maximum Gasteiger partial charge on any atom is 0.437 e. The van der Waals surface area contributed by atoms with E-state index in [-0.39, 0.29) is 35.7 Å². The van der Waals surface area contributed by atoms with Crippen molar-refractivity contribution in [1.82, 2.24) is 14.8 Å². The fourth-order valence-corrected chi connectivity index (χ4v) is 4.64. The highest BCUT2D eigenvalue weighted by atomic mass is 19.4. The molecule has 2 aromatic carbocycles. The first kappa shape index (κ1) is 24.2. The number of halogens is 3. The Labute approximate surface area is 210 Å². The molecule has 0 bridgehead atoms. The van der Waals surface area contributed by atoms with Gasteiger partial charge in [0.05, 0.1) is 29.0 Å². The van der Waals surface area contributed by atoms with Crippen molar-refractivity contribution in [2.24, 2.45) is 5.73 Å². The molecule has 0 spiro atoms. The van der Waals surface area contributed by atoms with Crippen LogP contribution in [-0.4, -0.2) is 33.1 Å². The van der Waals surface area contributed by atoms with Crippen molar-refractivity contribution >= 4 is 34.5 Å². The quantitative estimate of drug-likeness (QED) is 0.428. The summed E-state index contributed by atoms with van der Waals surface area (Å²) in [6.07, 6.45) is -1.47. The van der Waals surface area contributed by atoms with E-state index in [1.165, 1.54) is 17.7 Å². The SMILES string of the molecule is Cc1cccc(Cn2nc(C(F)(F)F)c(N3C/C=C/c4cccc5nc(C(N)=O)cc(c45)C3=O)c2C)c1. The van der Waals surface area contributed by atoms with Crippen LogP contribution in [0.3, 0.4) is 0 Å². The molecule has 0 fully saturated rings. The largest absolute Gasteiger partial charge is 0.437 e. The van der Waals surface area contributed by atoms with E-state index in [2.05, 4.69) is 10.1 Å². The van der Waals surface area contributed by atoms with Gasteiger partial charge in [-0.1, -0.05) is 54.1 Å². The summed E-state index contributed by atoms with van der Waals surface area (Å²) in [6, 6.07) is 13.7. The molecule has 4 aromatic rings.